The number of benzene rings is 2. The molecular formula is C22H23N5O2. The smallest absolute Gasteiger partial charge is 0.229 e. The second kappa shape index (κ2) is 7.87. The Bertz CT molecular complexity index is 1040. The van der Waals surface area contributed by atoms with Gasteiger partial charge in [-0.3, -0.25) is 14.7 Å². The number of carbonyl (C=O) groups excluding carboxylic acids is 2. The van der Waals surface area contributed by atoms with Gasteiger partial charge in [-0.2, -0.15) is 5.10 Å². The summed E-state index contributed by atoms with van der Waals surface area (Å²) >= 11 is 0. The van der Waals surface area contributed by atoms with Gasteiger partial charge in [0.1, 0.15) is 5.82 Å². The fourth-order valence-corrected chi connectivity index (χ4v) is 3.45. The van der Waals surface area contributed by atoms with Crippen molar-refractivity contribution in [2.75, 3.05) is 16.8 Å². The molecule has 2 heterocycles. The van der Waals surface area contributed by atoms with Crippen LogP contribution in [0.4, 0.5) is 11.4 Å². The van der Waals surface area contributed by atoms with Crippen LogP contribution in [-0.4, -0.2) is 33.5 Å². The fraction of sp³-hybridized carbons (Fsp3) is 0.273. The summed E-state index contributed by atoms with van der Waals surface area (Å²) in [5.41, 5.74) is 3.34. The molecule has 7 heteroatoms. The fourth-order valence-electron chi connectivity index (χ4n) is 3.45. The number of aromatic amines is 1. The largest absolute Gasteiger partial charge is 0.325 e. The Morgan fingerprint density at radius 1 is 1.21 bits per heavy atom. The second-order valence-corrected chi connectivity index (χ2v) is 7.24. The Hall–Kier alpha value is -3.48. The van der Waals surface area contributed by atoms with E-state index in [0.29, 0.717) is 18.1 Å². The molecule has 0 radical (unpaired) electrons. The molecule has 0 spiro atoms. The summed E-state index contributed by atoms with van der Waals surface area (Å²) < 4.78 is 0. The van der Waals surface area contributed by atoms with E-state index >= 15 is 0 Å². The van der Waals surface area contributed by atoms with Crippen molar-refractivity contribution in [2.45, 2.75) is 26.7 Å². The molecule has 29 heavy (non-hydrogen) atoms. The summed E-state index contributed by atoms with van der Waals surface area (Å²) in [6.07, 6.45) is 0.947. The molecule has 7 nitrogen and oxygen atoms in total. The van der Waals surface area contributed by atoms with E-state index in [9.17, 15) is 9.59 Å². The van der Waals surface area contributed by atoms with Crippen LogP contribution >= 0.6 is 0 Å². The first-order valence-electron chi connectivity index (χ1n) is 9.73. The number of hydrogen-bond donors (Lipinski definition) is 2. The zero-order valence-electron chi connectivity index (χ0n) is 16.5. The number of amides is 2. The van der Waals surface area contributed by atoms with Gasteiger partial charge >= 0.3 is 0 Å². The zero-order chi connectivity index (χ0) is 20.4. The van der Waals surface area contributed by atoms with Crippen LogP contribution in [0.2, 0.25) is 0 Å². The molecule has 1 atom stereocenters. The Balaban J connectivity index is 1.50. The molecule has 2 aromatic carbocycles. The topological polar surface area (TPSA) is 91.0 Å². The van der Waals surface area contributed by atoms with Crippen LogP contribution in [0.15, 0.2) is 48.5 Å². The highest BCUT2D eigenvalue weighted by Gasteiger charge is 2.35. The van der Waals surface area contributed by atoms with Gasteiger partial charge < -0.3 is 10.2 Å². The minimum Gasteiger partial charge on any atom is -0.325 e. The van der Waals surface area contributed by atoms with Gasteiger partial charge in [0.05, 0.1) is 11.6 Å². The molecule has 1 aliphatic heterocycles. The van der Waals surface area contributed by atoms with E-state index in [1.54, 1.807) is 4.90 Å². The van der Waals surface area contributed by atoms with Crippen LogP contribution < -0.4 is 10.2 Å². The van der Waals surface area contributed by atoms with Crippen molar-refractivity contribution in [1.29, 1.82) is 0 Å². The van der Waals surface area contributed by atoms with Gasteiger partial charge in [0, 0.05) is 30.6 Å². The highest BCUT2D eigenvalue weighted by molar-refractivity contribution is 6.04. The molecule has 0 bridgehead atoms. The van der Waals surface area contributed by atoms with Crippen LogP contribution in [0.25, 0.3) is 11.4 Å². The van der Waals surface area contributed by atoms with E-state index in [0.717, 1.165) is 29.1 Å². The normalized spacial score (nSPS) is 16.3. The molecule has 1 aromatic heterocycles. The average molecular weight is 389 g/mol. The van der Waals surface area contributed by atoms with Gasteiger partial charge in [0.15, 0.2) is 5.82 Å². The van der Waals surface area contributed by atoms with Crippen molar-refractivity contribution in [3.05, 3.63) is 59.9 Å². The molecule has 0 saturated carbocycles. The van der Waals surface area contributed by atoms with Crippen LogP contribution in [0.5, 0.6) is 0 Å². The van der Waals surface area contributed by atoms with E-state index in [1.807, 2.05) is 62.4 Å². The molecule has 1 aliphatic rings. The predicted octanol–water partition coefficient (Wildman–Crippen LogP) is 3.33. The highest BCUT2D eigenvalue weighted by atomic mass is 16.2. The number of anilines is 2. The Kier molecular flexibility index (Phi) is 5.12. The minimum atomic E-state index is -0.407. The zero-order valence-corrected chi connectivity index (χ0v) is 16.5. The summed E-state index contributed by atoms with van der Waals surface area (Å²) in [6, 6.07) is 15.2. The second-order valence-electron chi connectivity index (χ2n) is 7.24. The molecule has 1 unspecified atom stereocenters. The van der Waals surface area contributed by atoms with Crippen LogP contribution in [0, 0.1) is 12.8 Å². The molecule has 2 amide bonds. The first kappa shape index (κ1) is 18.9. The molecule has 3 aromatic rings. The summed E-state index contributed by atoms with van der Waals surface area (Å²) in [5, 5.41) is 10.1. The standard InChI is InChI=1S/C22H23N5O2/c1-3-19-24-21(26-25-19)17-6-4-5-7-18(17)23-22(29)15-12-20(28)27(13-15)16-10-8-14(2)9-11-16/h4-11,15H,3,12-13H2,1-2H3,(H,23,29)(H,24,25,26). The quantitative estimate of drug-likeness (QED) is 0.700. The van der Waals surface area contributed by atoms with Crippen molar-refractivity contribution >= 4 is 23.2 Å². The third-order valence-corrected chi connectivity index (χ3v) is 5.13. The first-order valence-corrected chi connectivity index (χ1v) is 9.73. The molecule has 2 N–H and O–H groups in total. The number of aromatic nitrogens is 3. The maximum absolute atomic E-state index is 12.9. The summed E-state index contributed by atoms with van der Waals surface area (Å²) in [4.78, 5) is 31.5. The van der Waals surface area contributed by atoms with Crippen molar-refractivity contribution in [3.63, 3.8) is 0 Å². The number of nitrogens with one attached hydrogen (secondary N) is 2. The SMILES string of the molecule is CCc1nc(-c2ccccc2NC(=O)C2CC(=O)N(c3ccc(C)cc3)C2)n[nH]1. The van der Waals surface area contributed by atoms with E-state index < -0.39 is 5.92 Å². The number of rotatable bonds is 5. The van der Waals surface area contributed by atoms with Gasteiger partial charge in [-0.05, 0) is 31.2 Å². The summed E-state index contributed by atoms with van der Waals surface area (Å²) in [5.74, 6) is 0.712. The van der Waals surface area contributed by atoms with Gasteiger partial charge in [0.2, 0.25) is 11.8 Å². The number of aryl methyl sites for hydroxylation is 2. The first-order chi connectivity index (χ1) is 14.0. The van der Waals surface area contributed by atoms with Gasteiger partial charge in [-0.25, -0.2) is 4.98 Å². The lowest BCUT2D eigenvalue weighted by Gasteiger charge is -2.17. The lowest BCUT2D eigenvalue weighted by molar-refractivity contribution is -0.122. The van der Waals surface area contributed by atoms with Crippen LogP contribution in [0.1, 0.15) is 24.7 Å². The number of para-hydroxylation sites is 1. The van der Waals surface area contributed by atoms with Crippen molar-refractivity contribution < 1.29 is 9.59 Å². The molecule has 0 aliphatic carbocycles. The number of nitrogens with zero attached hydrogens (tertiary/aromatic N) is 3. The molecule has 148 valence electrons. The predicted molar refractivity (Wildman–Crippen MR) is 111 cm³/mol. The monoisotopic (exact) mass is 389 g/mol. The Morgan fingerprint density at radius 2 is 1.97 bits per heavy atom. The van der Waals surface area contributed by atoms with E-state index in [-0.39, 0.29) is 18.2 Å². The van der Waals surface area contributed by atoms with Crippen LogP contribution in [0.3, 0.4) is 0 Å². The van der Waals surface area contributed by atoms with E-state index in [4.69, 9.17) is 0 Å². The molecular weight excluding hydrogens is 366 g/mol. The maximum atomic E-state index is 12.9. The Morgan fingerprint density at radius 3 is 2.69 bits per heavy atom. The number of hydrogen-bond acceptors (Lipinski definition) is 4. The molecule has 4 rings (SSSR count). The Labute approximate surface area is 169 Å². The van der Waals surface area contributed by atoms with Gasteiger partial charge in [0.25, 0.3) is 0 Å². The minimum absolute atomic E-state index is 0.0381. The molecule has 1 saturated heterocycles. The summed E-state index contributed by atoms with van der Waals surface area (Å²) in [7, 11) is 0. The van der Waals surface area contributed by atoms with E-state index in [1.165, 1.54) is 0 Å². The summed E-state index contributed by atoms with van der Waals surface area (Å²) in [6.45, 7) is 4.37. The third-order valence-electron chi connectivity index (χ3n) is 5.13. The average Bonchev–Trinajstić information content (AvgIpc) is 3.36. The van der Waals surface area contributed by atoms with Gasteiger partial charge in [-0.15, -0.1) is 0 Å². The molecule has 1 fully saturated rings. The van der Waals surface area contributed by atoms with Crippen molar-refractivity contribution in [2.24, 2.45) is 5.92 Å². The van der Waals surface area contributed by atoms with Crippen molar-refractivity contribution in [1.82, 2.24) is 15.2 Å². The lowest BCUT2D eigenvalue weighted by atomic mass is 10.1. The maximum Gasteiger partial charge on any atom is 0.229 e. The third kappa shape index (κ3) is 3.89. The number of H-pyrrole nitrogens is 1. The van der Waals surface area contributed by atoms with Crippen LogP contribution in [-0.2, 0) is 16.0 Å². The highest BCUT2D eigenvalue weighted by Crippen LogP contribution is 2.29. The van der Waals surface area contributed by atoms with E-state index in [2.05, 4.69) is 20.5 Å². The van der Waals surface area contributed by atoms with Gasteiger partial charge in [-0.1, -0.05) is 36.8 Å². The van der Waals surface area contributed by atoms with Crippen molar-refractivity contribution in [3.8, 4) is 11.4 Å². The number of carbonyl (C=O) groups is 2. The lowest BCUT2D eigenvalue weighted by Crippen LogP contribution is -2.28.